The molecule has 13 heavy (non-hydrogen) atoms. The highest BCUT2D eigenvalue weighted by Gasteiger charge is 2.30. The minimum atomic E-state index is -4.33. The fraction of sp³-hybridized carbons (Fsp3) is 0.375. The molecule has 72 valence electrons. The summed E-state index contributed by atoms with van der Waals surface area (Å²) >= 11 is 0. The molecular weight excluding hydrogens is 181 g/mol. The van der Waals surface area contributed by atoms with Crippen molar-refractivity contribution in [2.24, 2.45) is 5.73 Å². The fourth-order valence-electron chi connectivity index (χ4n) is 0.842. The number of nitrogens with zero attached hydrogens (tertiary/aromatic N) is 1. The van der Waals surface area contributed by atoms with E-state index in [-0.39, 0.29) is 6.04 Å². The molecule has 0 aliphatic rings. The van der Waals surface area contributed by atoms with Crippen LogP contribution in [0.25, 0.3) is 0 Å². The molecule has 1 heterocycles. The third-order valence-corrected chi connectivity index (χ3v) is 1.58. The maximum absolute atomic E-state index is 12.0. The smallest absolute Gasteiger partial charge is 0.323 e. The van der Waals surface area contributed by atoms with E-state index >= 15 is 0 Å². The lowest BCUT2D eigenvalue weighted by molar-refractivity contribution is -0.137. The minimum Gasteiger partial charge on any atom is -0.323 e. The second-order valence-electron chi connectivity index (χ2n) is 2.76. The van der Waals surface area contributed by atoms with Crippen molar-refractivity contribution in [3.8, 4) is 0 Å². The van der Waals surface area contributed by atoms with Crippen LogP contribution in [-0.2, 0) is 6.18 Å². The van der Waals surface area contributed by atoms with Gasteiger partial charge in [0.2, 0.25) is 0 Å². The molecule has 0 aliphatic carbocycles. The zero-order valence-corrected chi connectivity index (χ0v) is 6.97. The summed E-state index contributed by atoms with van der Waals surface area (Å²) in [6.07, 6.45) is -3.54. The number of alkyl halides is 3. The minimum absolute atomic E-state index is 0.345. The van der Waals surface area contributed by atoms with Crippen LogP contribution in [0.15, 0.2) is 18.3 Å². The van der Waals surface area contributed by atoms with Crippen LogP contribution in [0.2, 0.25) is 0 Å². The van der Waals surface area contributed by atoms with Crippen LogP contribution in [0.1, 0.15) is 24.2 Å². The fourth-order valence-corrected chi connectivity index (χ4v) is 0.842. The first-order chi connectivity index (χ1) is 5.91. The Morgan fingerprint density at radius 2 is 2.00 bits per heavy atom. The molecule has 0 fully saturated rings. The molecule has 0 radical (unpaired) electrons. The van der Waals surface area contributed by atoms with E-state index in [2.05, 4.69) is 4.98 Å². The van der Waals surface area contributed by atoms with Crippen molar-refractivity contribution in [2.75, 3.05) is 0 Å². The molecule has 0 aliphatic heterocycles. The normalized spacial score (nSPS) is 14.2. The number of halogens is 3. The van der Waals surface area contributed by atoms with Crippen LogP contribution < -0.4 is 5.73 Å². The summed E-state index contributed by atoms with van der Waals surface area (Å²) in [7, 11) is 0. The van der Waals surface area contributed by atoms with Gasteiger partial charge in [-0.05, 0) is 19.1 Å². The molecule has 0 amide bonds. The predicted molar refractivity (Wildman–Crippen MR) is 41.8 cm³/mol. The molecule has 0 saturated heterocycles. The van der Waals surface area contributed by atoms with E-state index < -0.39 is 11.7 Å². The van der Waals surface area contributed by atoms with Gasteiger partial charge in [0.05, 0.1) is 11.3 Å². The second kappa shape index (κ2) is 3.33. The van der Waals surface area contributed by atoms with Gasteiger partial charge in [0.25, 0.3) is 0 Å². The SMILES string of the molecule is C[C@H](N)c1ccc(C(F)(F)F)cn1. The Balaban J connectivity index is 2.94. The lowest BCUT2D eigenvalue weighted by atomic mass is 10.2. The Bertz CT molecular complexity index is 276. The van der Waals surface area contributed by atoms with Gasteiger partial charge in [0.15, 0.2) is 0 Å². The Hall–Kier alpha value is -1.10. The lowest BCUT2D eigenvalue weighted by Gasteiger charge is -2.08. The van der Waals surface area contributed by atoms with E-state index in [0.29, 0.717) is 5.69 Å². The van der Waals surface area contributed by atoms with E-state index in [0.717, 1.165) is 12.3 Å². The standard InChI is InChI=1S/C8H9F3N2/c1-5(12)7-3-2-6(4-13-7)8(9,10)11/h2-5H,12H2,1H3/t5-/m0/s1. The van der Waals surface area contributed by atoms with Gasteiger partial charge in [-0.1, -0.05) is 0 Å². The monoisotopic (exact) mass is 190 g/mol. The summed E-state index contributed by atoms with van der Waals surface area (Å²) in [4.78, 5) is 3.60. The summed E-state index contributed by atoms with van der Waals surface area (Å²) in [5.41, 5.74) is 5.13. The van der Waals surface area contributed by atoms with Crippen LogP contribution in [0.4, 0.5) is 13.2 Å². The zero-order chi connectivity index (χ0) is 10.1. The largest absolute Gasteiger partial charge is 0.417 e. The Morgan fingerprint density at radius 3 is 2.31 bits per heavy atom. The lowest BCUT2D eigenvalue weighted by Crippen LogP contribution is -2.10. The van der Waals surface area contributed by atoms with Crippen molar-refractivity contribution >= 4 is 0 Å². The van der Waals surface area contributed by atoms with Gasteiger partial charge in [-0.2, -0.15) is 13.2 Å². The molecule has 1 aromatic rings. The summed E-state index contributed by atoms with van der Waals surface area (Å²) < 4.78 is 36.1. The average Bonchev–Trinajstić information content (AvgIpc) is 2.03. The van der Waals surface area contributed by atoms with Gasteiger partial charge in [0.1, 0.15) is 0 Å². The zero-order valence-electron chi connectivity index (χ0n) is 6.97. The number of hydrogen-bond donors (Lipinski definition) is 1. The Labute approximate surface area is 73.6 Å². The van der Waals surface area contributed by atoms with E-state index in [1.54, 1.807) is 6.92 Å². The van der Waals surface area contributed by atoms with Gasteiger partial charge < -0.3 is 5.73 Å². The molecule has 0 bridgehead atoms. The van der Waals surface area contributed by atoms with Crippen molar-refractivity contribution < 1.29 is 13.2 Å². The highest BCUT2D eigenvalue weighted by atomic mass is 19.4. The molecule has 2 N–H and O–H groups in total. The number of rotatable bonds is 1. The summed E-state index contributed by atoms with van der Waals surface area (Å²) in [6.45, 7) is 1.66. The molecule has 1 rings (SSSR count). The van der Waals surface area contributed by atoms with Crippen molar-refractivity contribution in [3.63, 3.8) is 0 Å². The van der Waals surface area contributed by atoms with Crippen molar-refractivity contribution in [1.29, 1.82) is 0 Å². The quantitative estimate of drug-likeness (QED) is 0.736. The first-order valence-corrected chi connectivity index (χ1v) is 3.70. The summed E-state index contributed by atoms with van der Waals surface area (Å²) in [6, 6.07) is 1.92. The molecule has 5 heteroatoms. The van der Waals surface area contributed by atoms with E-state index in [4.69, 9.17) is 5.73 Å². The molecule has 0 unspecified atom stereocenters. The molecule has 1 aromatic heterocycles. The highest BCUT2D eigenvalue weighted by Crippen LogP contribution is 2.28. The molecule has 0 aromatic carbocycles. The maximum atomic E-state index is 12.0. The van der Waals surface area contributed by atoms with E-state index in [1.165, 1.54) is 6.07 Å². The van der Waals surface area contributed by atoms with E-state index in [9.17, 15) is 13.2 Å². The predicted octanol–water partition coefficient (Wildman–Crippen LogP) is 2.12. The number of nitrogens with two attached hydrogens (primary N) is 1. The Kier molecular flexibility index (Phi) is 2.56. The highest BCUT2D eigenvalue weighted by molar-refractivity contribution is 5.18. The molecule has 0 spiro atoms. The van der Waals surface area contributed by atoms with Crippen LogP contribution in [0, 0.1) is 0 Å². The van der Waals surface area contributed by atoms with Gasteiger partial charge in [0, 0.05) is 12.2 Å². The Morgan fingerprint density at radius 1 is 1.38 bits per heavy atom. The van der Waals surface area contributed by atoms with Gasteiger partial charge in [-0.25, -0.2) is 0 Å². The first kappa shape index (κ1) is 9.98. The van der Waals surface area contributed by atoms with Gasteiger partial charge in [-0.3, -0.25) is 4.98 Å². The third-order valence-electron chi connectivity index (χ3n) is 1.58. The first-order valence-electron chi connectivity index (χ1n) is 3.70. The van der Waals surface area contributed by atoms with Crippen molar-refractivity contribution in [2.45, 2.75) is 19.1 Å². The van der Waals surface area contributed by atoms with E-state index in [1.807, 2.05) is 0 Å². The molecule has 1 atom stereocenters. The van der Waals surface area contributed by atoms with Crippen LogP contribution in [-0.4, -0.2) is 4.98 Å². The second-order valence-corrected chi connectivity index (χ2v) is 2.76. The van der Waals surface area contributed by atoms with Crippen molar-refractivity contribution in [3.05, 3.63) is 29.6 Å². The van der Waals surface area contributed by atoms with Gasteiger partial charge in [-0.15, -0.1) is 0 Å². The number of aromatic nitrogens is 1. The summed E-state index contributed by atoms with van der Waals surface area (Å²) in [5.74, 6) is 0. The molecular formula is C8H9F3N2. The number of pyridine rings is 1. The molecule has 2 nitrogen and oxygen atoms in total. The van der Waals surface area contributed by atoms with Crippen LogP contribution >= 0.6 is 0 Å². The average molecular weight is 190 g/mol. The number of hydrogen-bond acceptors (Lipinski definition) is 2. The summed E-state index contributed by atoms with van der Waals surface area (Å²) in [5, 5.41) is 0. The van der Waals surface area contributed by atoms with Gasteiger partial charge >= 0.3 is 6.18 Å². The van der Waals surface area contributed by atoms with Crippen LogP contribution in [0.3, 0.4) is 0 Å². The molecule has 0 saturated carbocycles. The van der Waals surface area contributed by atoms with Crippen LogP contribution in [0.5, 0.6) is 0 Å². The topological polar surface area (TPSA) is 38.9 Å². The maximum Gasteiger partial charge on any atom is 0.417 e. The third kappa shape index (κ3) is 2.42. The van der Waals surface area contributed by atoms with Crippen molar-refractivity contribution in [1.82, 2.24) is 4.98 Å².